The molecule has 4 rings (SSSR count). The van der Waals surface area contributed by atoms with Gasteiger partial charge >= 0.3 is 12.1 Å². The molecule has 0 aliphatic carbocycles. The first kappa shape index (κ1) is 29.4. The summed E-state index contributed by atoms with van der Waals surface area (Å²) in [7, 11) is 0. The van der Waals surface area contributed by atoms with Gasteiger partial charge in [-0.1, -0.05) is 22.0 Å². The maximum atomic E-state index is 13.7. The molecule has 206 valence electrons. The molecule has 0 saturated carbocycles. The predicted molar refractivity (Wildman–Crippen MR) is 135 cm³/mol. The minimum atomic E-state index is -5.08. The molecule has 0 unspecified atom stereocenters. The Kier molecular flexibility index (Phi) is 9.36. The number of aliphatic carboxylic acids is 1. The quantitative estimate of drug-likeness (QED) is 0.450. The molecule has 2 aromatic carbocycles. The maximum Gasteiger partial charge on any atom is 0.490 e. The molecule has 3 N–H and O–H groups in total. The van der Waals surface area contributed by atoms with Crippen molar-refractivity contribution in [1.82, 2.24) is 15.5 Å². The fraction of sp³-hybridized carbons (Fsp3) is 0.400. The first-order valence-corrected chi connectivity index (χ1v) is 12.5. The minimum Gasteiger partial charge on any atom is -0.475 e. The Morgan fingerprint density at radius 3 is 2.32 bits per heavy atom. The molecule has 38 heavy (non-hydrogen) atoms. The van der Waals surface area contributed by atoms with Crippen LogP contribution in [0.4, 0.5) is 23.2 Å². The second-order valence-electron chi connectivity index (χ2n) is 9.09. The summed E-state index contributed by atoms with van der Waals surface area (Å²) in [4.78, 5) is 38.4. The lowest BCUT2D eigenvalue weighted by Crippen LogP contribution is -2.57. The van der Waals surface area contributed by atoms with Crippen molar-refractivity contribution in [2.75, 3.05) is 31.2 Å². The van der Waals surface area contributed by atoms with Gasteiger partial charge < -0.3 is 25.5 Å². The molecule has 0 aromatic heterocycles. The molecule has 2 saturated heterocycles. The first-order chi connectivity index (χ1) is 17.8. The SMILES string of the molecule is C[C@H](CN1CCC2(CC1)C(=O)NCN2c1cccc(F)c1)NC(=O)c1ccc(Br)cc1.O=C(O)C(F)(F)F. The second kappa shape index (κ2) is 12.1. The summed E-state index contributed by atoms with van der Waals surface area (Å²) in [6.07, 6.45) is -3.77. The van der Waals surface area contributed by atoms with Crippen molar-refractivity contribution >= 4 is 39.4 Å². The van der Waals surface area contributed by atoms with Crippen molar-refractivity contribution in [2.24, 2.45) is 0 Å². The van der Waals surface area contributed by atoms with Crippen LogP contribution in [-0.2, 0) is 9.59 Å². The van der Waals surface area contributed by atoms with E-state index in [-0.39, 0.29) is 23.7 Å². The minimum absolute atomic E-state index is 0.00741. The lowest BCUT2D eigenvalue weighted by molar-refractivity contribution is -0.192. The Morgan fingerprint density at radius 2 is 1.76 bits per heavy atom. The molecule has 13 heteroatoms. The maximum absolute atomic E-state index is 13.7. The van der Waals surface area contributed by atoms with E-state index in [1.54, 1.807) is 18.2 Å². The van der Waals surface area contributed by atoms with Crippen LogP contribution in [0.2, 0.25) is 0 Å². The summed E-state index contributed by atoms with van der Waals surface area (Å²) in [5.74, 6) is -3.15. The largest absolute Gasteiger partial charge is 0.490 e. The number of nitrogens with one attached hydrogen (secondary N) is 2. The Labute approximate surface area is 225 Å². The number of rotatable bonds is 5. The Bertz CT molecular complexity index is 1150. The topological polar surface area (TPSA) is 102 Å². The smallest absolute Gasteiger partial charge is 0.475 e. The van der Waals surface area contributed by atoms with Gasteiger partial charge in [-0.2, -0.15) is 13.2 Å². The average Bonchev–Trinajstić information content (AvgIpc) is 3.16. The van der Waals surface area contributed by atoms with Gasteiger partial charge in [0.25, 0.3) is 5.91 Å². The number of anilines is 1. The summed E-state index contributed by atoms with van der Waals surface area (Å²) in [5.41, 5.74) is 0.705. The van der Waals surface area contributed by atoms with E-state index in [4.69, 9.17) is 9.90 Å². The second-order valence-corrected chi connectivity index (χ2v) is 10.0. The molecule has 2 aliphatic heterocycles. The fourth-order valence-corrected chi connectivity index (χ4v) is 4.78. The molecule has 1 spiro atoms. The molecule has 2 heterocycles. The van der Waals surface area contributed by atoms with E-state index in [0.29, 0.717) is 31.6 Å². The zero-order chi connectivity index (χ0) is 28.1. The van der Waals surface area contributed by atoms with Crippen LogP contribution in [0, 0.1) is 5.82 Å². The standard InChI is InChI=1S/C23H26BrFN4O2.C2HF3O2/c1-16(27-21(30)17-5-7-18(24)8-6-17)14-28-11-9-23(10-12-28)22(31)26-15-29(23)20-4-2-3-19(25)13-20;3-2(4,5)1(6)7/h2-8,13,16H,9-12,14-15H2,1H3,(H,26,31)(H,27,30);(H,6,7)/t16-;/m1./s1. The molecular weight excluding hydrogens is 576 g/mol. The van der Waals surface area contributed by atoms with Gasteiger partial charge in [-0.25, -0.2) is 9.18 Å². The number of carboxylic acid groups (broad SMARTS) is 1. The highest BCUT2D eigenvalue weighted by Gasteiger charge is 2.50. The zero-order valence-corrected chi connectivity index (χ0v) is 22.0. The van der Waals surface area contributed by atoms with E-state index in [2.05, 4.69) is 31.5 Å². The van der Waals surface area contributed by atoms with Gasteiger partial charge in [0.15, 0.2) is 0 Å². The summed E-state index contributed by atoms with van der Waals surface area (Å²) in [6, 6.07) is 13.7. The zero-order valence-electron chi connectivity index (χ0n) is 20.4. The number of likely N-dealkylation sites (tertiary alicyclic amines) is 1. The molecule has 0 radical (unpaired) electrons. The van der Waals surface area contributed by atoms with Gasteiger partial charge in [0.05, 0.1) is 6.67 Å². The molecule has 2 fully saturated rings. The van der Waals surface area contributed by atoms with Crippen molar-refractivity contribution in [3.8, 4) is 0 Å². The molecule has 2 aliphatic rings. The van der Waals surface area contributed by atoms with E-state index in [9.17, 15) is 27.2 Å². The number of hydrogen-bond donors (Lipinski definition) is 3. The number of nitrogens with zero attached hydrogens (tertiary/aromatic N) is 2. The lowest BCUT2D eigenvalue weighted by atomic mass is 9.85. The lowest BCUT2D eigenvalue weighted by Gasteiger charge is -2.43. The number of carbonyl (C=O) groups excluding carboxylic acids is 2. The van der Waals surface area contributed by atoms with Crippen LogP contribution in [0.3, 0.4) is 0 Å². The van der Waals surface area contributed by atoms with E-state index in [1.807, 2.05) is 30.0 Å². The van der Waals surface area contributed by atoms with Crippen molar-refractivity contribution in [1.29, 1.82) is 0 Å². The Balaban J connectivity index is 0.000000505. The van der Waals surface area contributed by atoms with E-state index >= 15 is 0 Å². The third-order valence-corrected chi connectivity index (χ3v) is 6.93. The molecule has 0 bridgehead atoms. The fourth-order valence-electron chi connectivity index (χ4n) is 4.52. The Hall–Kier alpha value is -3.19. The van der Waals surface area contributed by atoms with Gasteiger partial charge in [-0.3, -0.25) is 9.59 Å². The number of amides is 2. The van der Waals surface area contributed by atoms with Gasteiger partial charge in [-0.05, 0) is 62.2 Å². The van der Waals surface area contributed by atoms with Crippen molar-refractivity contribution in [2.45, 2.75) is 37.5 Å². The highest BCUT2D eigenvalue weighted by molar-refractivity contribution is 9.10. The molecule has 2 aromatic rings. The summed E-state index contributed by atoms with van der Waals surface area (Å²) in [6.45, 7) is 4.56. The Morgan fingerprint density at radius 1 is 1.16 bits per heavy atom. The van der Waals surface area contributed by atoms with Crippen LogP contribution in [0.1, 0.15) is 30.1 Å². The molecule has 8 nitrogen and oxygen atoms in total. The molecule has 1 atom stereocenters. The van der Waals surface area contributed by atoms with Crippen molar-refractivity contribution < 1.29 is 37.1 Å². The van der Waals surface area contributed by atoms with E-state index in [1.165, 1.54) is 12.1 Å². The van der Waals surface area contributed by atoms with Crippen LogP contribution >= 0.6 is 15.9 Å². The van der Waals surface area contributed by atoms with Gasteiger partial charge in [0.1, 0.15) is 11.4 Å². The van der Waals surface area contributed by atoms with Crippen LogP contribution in [0.15, 0.2) is 53.0 Å². The van der Waals surface area contributed by atoms with Crippen LogP contribution in [0.5, 0.6) is 0 Å². The average molecular weight is 603 g/mol. The number of halogens is 5. The molecular formula is C25H27BrF4N4O4. The van der Waals surface area contributed by atoms with Crippen molar-refractivity contribution in [3.63, 3.8) is 0 Å². The number of alkyl halides is 3. The highest BCUT2D eigenvalue weighted by atomic mass is 79.9. The number of carboxylic acids is 1. The van der Waals surface area contributed by atoms with Gasteiger partial charge in [0, 0.05) is 41.4 Å². The van der Waals surface area contributed by atoms with Crippen LogP contribution in [0.25, 0.3) is 0 Å². The number of benzene rings is 2. The van der Waals surface area contributed by atoms with Crippen LogP contribution < -0.4 is 15.5 Å². The summed E-state index contributed by atoms with van der Waals surface area (Å²) >= 11 is 3.37. The van der Waals surface area contributed by atoms with Gasteiger partial charge in [-0.15, -0.1) is 0 Å². The third kappa shape index (κ3) is 7.22. The van der Waals surface area contributed by atoms with E-state index < -0.39 is 17.7 Å². The number of carbonyl (C=O) groups is 3. The summed E-state index contributed by atoms with van der Waals surface area (Å²) in [5, 5.41) is 13.1. The monoisotopic (exact) mass is 602 g/mol. The molecule has 2 amide bonds. The summed E-state index contributed by atoms with van der Waals surface area (Å²) < 4.78 is 46.4. The third-order valence-electron chi connectivity index (χ3n) is 6.40. The first-order valence-electron chi connectivity index (χ1n) is 11.7. The van der Waals surface area contributed by atoms with Crippen LogP contribution in [-0.4, -0.2) is 71.9 Å². The number of piperidine rings is 1. The van der Waals surface area contributed by atoms with E-state index in [0.717, 1.165) is 23.2 Å². The highest BCUT2D eigenvalue weighted by Crippen LogP contribution is 2.36. The van der Waals surface area contributed by atoms with Gasteiger partial charge in [0.2, 0.25) is 5.91 Å². The number of hydrogen-bond acceptors (Lipinski definition) is 5. The predicted octanol–water partition coefficient (Wildman–Crippen LogP) is 3.77. The van der Waals surface area contributed by atoms with Crippen molar-refractivity contribution in [3.05, 3.63) is 64.4 Å². The normalized spacial score (nSPS) is 17.8.